The van der Waals surface area contributed by atoms with Crippen molar-refractivity contribution in [2.24, 2.45) is 11.7 Å². The summed E-state index contributed by atoms with van der Waals surface area (Å²) in [7, 11) is 0. The summed E-state index contributed by atoms with van der Waals surface area (Å²) in [5, 5.41) is 4.90. The third-order valence-corrected chi connectivity index (χ3v) is 4.66. The molecule has 2 rings (SSSR count). The van der Waals surface area contributed by atoms with E-state index in [1.54, 1.807) is 11.3 Å². The Hall–Kier alpha value is -0.390. The molecule has 0 aliphatic heterocycles. The van der Waals surface area contributed by atoms with E-state index in [9.17, 15) is 4.79 Å². The van der Waals surface area contributed by atoms with E-state index in [0.717, 1.165) is 22.2 Å². The highest BCUT2D eigenvalue weighted by molar-refractivity contribution is 9.10. The van der Waals surface area contributed by atoms with Crippen molar-refractivity contribution in [3.05, 3.63) is 20.8 Å². The van der Waals surface area contributed by atoms with Gasteiger partial charge >= 0.3 is 0 Å². The van der Waals surface area contributed by atoms with Crippen molar-refractivity contribution in [1.82, 2.24) is 5.32 Å². The maximum atomic E-state index is 11.9. The van der Waals surface area contributed by atoms with Crippen LogP contribution >= 0.6 is 27.3 Å². The fraction of sp³-hybridized carbons (Fsp3) is 0.545. The van der Waals surface area contributed by atoms with E-state index >= 15 is 0 Å². The Morgan fingerprint density at radius 1 is 1.75 bits per heavy atom. The molecule has 1 fully saturated rings. The molecule has 0 radical (unpaired) electrons. The molecule has 0 saturated heterocycles. The molecule has 1 atom stereocenters. The summed E-state index contributed by atoms with van der Waals surface area (Å²) >= 11 is 5.01. The van der Waals surface area contributed by atoms with Crippen LogP contribution in [0.25, 0.3) is 0 Å². The zero-order chi connectivity index (χ0) is 11.8. The van der Waals surface area contributed by atoms with Gasteiger partial charge in [-0.05, 0) is 47.7 Å². The molecule has 1 amide bonds. The van der Waals surface area contributed by atoms with Crippen molar-refractivity contribution in [3.63, 3.8) is 0 Å². The number of carbonyl (C=O) groups excluding carboxylic acids is 1. The fourth-order valence-electron chi connectivity index (χ4n) is 1.67. The molecule has 1 aliphatic rings. The highest BCUT2D eigenvalue weighted by Crippen LogP contribution is 2.38. The largest absolute Gasteiger partial charge is 0.350 e. The predicted molar refractivity (Wildman–Crippen MR) is 69.2 cm³/mol. The first-order chi connectivity index (χ1) is 7.50. The molecule has 0 spiro atoms. The lowest BCUT2D eigenvalue weighted by Crippen LogP contribution is -2.53. The highest BCUT2D eigenvalue weighted by Gasteiger charge is 2.43. The average Bonchev–Trinajstić information content (AvgIpc) is 3.00. The smallest absolute Gasteiger partial charge is 0.240 e. The number of halogens is 1. The summed E-state index contributed by atoms with van der Waals surface area (Å²) in [6.45, 7) is 2.39. The molecule has 1 aliphatic carbocycles. The van der Waals surface area contributed by atoms with Crippen molar-refractivity contribution < 1.29 is 4.79 Å². The minimum Gasteiger partial charge on any atom is -0.350 e. The third kappa shape index (κ3) is 2.64. The molecule has 0 bridgehead atoms. The lowest BCUT2D eigenvalue weighted by Gasteiger charge is -2.22. The summed E-state index contributed by atoms with van der Waals surface area (Å²) < 4.78 is 1.06. The Bertz CT molecular complexity index is 398. The minimum absolute atomic E-state index is 0.0421. The Balaban J connectivity index is 1.88. The number of amides is 1. The topological polar surface area (TPSA) is 55.1 Å². The lowest BCUT2D eigenvalue weighted by atomic mass is 9.96. The minimum atomic E-state index is -0.700. The molecule has 5 heteroatoms. The van der Waals surface area contributed by atoms with Crippen LogP contribution in [0.15, 0.2) is 15.9 Å². The Labute approximate surface area is 108 Å². The van der Waals surface area contributed by atoms with Crippen molar-refractivity contribution in [3.8, 4) is 0 Å². The van der Waals surface area contributed by atoms with Crippen LogP contribution in [-0.2, 0) is 11.3 Å². The van der Waals surface area contributed by atoms with Gasteiger partial charge < -0.3 is 11.1 Å². The van der Waals surface area contributed by atoms with Gasteiger partial charge in [-0.25, -0.2) is 0 Å². The maximum Gasteiger partial charge on any atom is 0.240 e. The van der Waals surface area contributed by atoms with Gasteiger partial charge in [0.2, 0.25) is 5.91 Å². The number of carbonyl (C=O) groups is 1. The molecule has 3 N–H and O–H groups in total. The first-order valence-corrected chi connectivity index (χ1v) is 6.97. The van der Waals surface area contributed by atoms with Crippen LogP contribution < -0.4 is 11.1 Å². The monoisotopic (exact) mass is 302 g/mol. The van der Waals surface area contributed by atoms with E-state index in [1.807, 2.05) is 18.4 Å². The van der Waals surface area contributed by atoms with E-state index in [2.05, 4.69) is 21.2 Å². The quantitative estimate of drug-likeness (QED) is 0.896. The van der Waals surface area contributed by atoms with E-state index in [0.29, 0.717) is 12.5 Å². The third-order valence-electron chi connectivity index (χ3n) is 2.96. The number of hydrogen-bond acceptors (Lipinski definition) is 3. The average molecular weight is 303 g/mol. The Morgan fingerprint density at radius 2 is 2.44 bits per heavy atom. The molecule has 0 aromatic carbocycles. The molecule has 1 saturated carbocycles. The van der Waals surface area contributed by atoms with Crippen molar-refractivity contribution in [2.75, 3.05) is 0 Å². The van der Waals surface area contributed by atoms with Gasteiger partial charge in [0.1, 0.15) is 0 Å². The van der Waals surface area contributed by atoms with Crippen LogP contribution in [0, 0.1) is 5.92 Å². The van der Waals surface area contributed by atoms with Crippen LogP contribution in [0.4, 0.5) is 0 Å². The first-order valence-electron chi connectivity index (χ1n) is 5.30. The summed E-state index contributed by atoms with van der Waals surface area (Å²) in [6, 6.07) is 2.01. The number of rotatable bonds is 4. The molecule has 1 aromatic rings. The van der Waals surface area contributed by atoms with Crippen molar-refractivity contribution in [1.29, 1.82) is 0 Å². The van der Waals surface area contributed by atoms with Crippen LogP contribution in [0.5, 0.6) is 0 Å². The summed E-state index contributed by atoms with van der Waals surface area (Å²) in [5.41, 5.74) is 5.32. The van der Waals surface area contributed by atoms with Crippen LogP contribution in [0.1, 0.15) is 24.6 Å². The van der Waals surface area contributed by atoms with Crippen LogP contribution in [-0.4, -0.2) is 11.4 Å². The van der Waals surface area contributed by atoms with Gasteiger partial charge in [0, 0.05) is 14.7 Å². The standard InChI is InChI=1S/C11H15BrN2OS/c1-11(13,7-2-3-7)10(15)14-5-9-4-8(12)6-16-9/h4,6-7H,2-3,5,13H2,1H3,(H,14,15). The second kappa shape index (κ2) is 4.47. The molecule has 16 heavy (non-hydrogen) atoms. The van der Waals surface area contributed by atoms with Crippen LogP contribution in [0.3, 0.4) is 0 Å². The van der Waals surface area contributed by atoms with Crippen LogP contribution in [0.2, 0.25) is 0 Å². The number of nitrogens with one attached hydrogen (secondary N) is 1. The Morgan fingerprint density at radius 3 is 2.94 bits per heavy atom. The van der Waals surface area contributed by atoms with Gasteiger partial charge in [0.25, 0.3) is 0 Å². The number of hydrogen-bond donors (Lipinski definition) is 2. The SMILES string of the molecule is CC(N)(C(=O)NCc1cc(Br)cs1)C1CC1. The number of nitrogens with two attached hydrogens (primary N) is 1. The summed E-state index contributed by atoms with van der Waals surface area (Å²) in [6.07, 6.45) is 2.15. The van der Waals surface area contributed by atoms with Gasteiger partial charge in [-0.3, -0.25) is 4.79 Å². The maximum absolute atomic E-state index is 11.9. The van der Waals surface area contributed by atoms with E-state index in [4.69, 9.17) is 5.73 Å². The zero-order valence-corrected chi connectivity index (χ0v) is 11.5. The van der Waals surface area contributed by atoms with Gasteiger partial charge in [0.15, 0.2) is 0 Å². The fourth-order valence-corrected chi connectivity index (χ4v) is 3.06. The Kier molecular flexibility index (Phi) is 3.37. The van der Waals surface area contributed by atoms with Crippen molar-refractivity contribution in [2.45, 2.75) is 31.8 Å². The molecule has 3 nitrogen and oxygen atoms in total. The number of thiophene rings is 1. The molecule has 88 valence electrons. The molecule has 1 aromatic heterocycles. The second-order valence-electron chi connectivity index (χ2n) is 4.47. The van der Waals surface area contributed by atoms with Gasteiger partial charge in [0.05, 0.1) is 12.1 Å². The molecular formula is C11H15BrN2OS. The summed E-state index contributed by atoms with van der Waals surface area (Å²) in [5.74, 6) is 0.321. The van der Waals surface area contributed by atoms with Gasteiger partial charge in [-0.1, -0.05) is 0 Å². The van der Waals surface area contributed by atoms with Gasteiger partial charge in [-0.15, -0.1) is 11.3 Å². The molecular weight excluding hydrogens is 288 g/mol. The molecule has 1 heterocycles. The summed E-state index contributed by atoms with van der Waals surface area (Å²) in [4.78, 5) is 13.0. The molecule has 1 unspecified atom stereocenters. The lowest BCUT2D eigenvalue weighted by molar-refractivity contribution is -0.126. The van der Waals surface area contributed by atoms with Gasteiger partial charge in [-0.2, -0.15) is 0 Å². The van der Waals surface area contributed by atoms with E-state index in [-0.39, 0.29) is 5.91 Å². The normalized spacial score (nSPS) is 19.2. The second-order valence-corrected chi connectivity index (χ2v) is 6.38. The predicted octanol–water partition coefficient (Wildman–Crippen LogP) is 2.25. The zero-order valence-electron chi connectivity index (χ0n) is 9.13. The van der Waals surface area contributed by atoms with E-state index < -0.39 is 5.54 Å². The highest BCUT2D eigenvalue weighted by atomic mass is 79.9. The van der Waals surface area contributed by atoms with Crippen molar-refractivity contribution >= 4 is 33.2 Å². The first kappa shape index (κ1) is 12.1. The van der Waals surface area contributed by atoms with E-state index in [1.165, 1.54) is 0 Å².